The van der Waals surface area contributed by atoms with Crippen molar-refractivity contribution in [3.8, 4) is 11.5 Å². The Hall–Kier alpha value is -2.05. The van der Waals surface area contributed by atoms with E-state index in [1.807, 2.05) is 18.2 Å². The number of ether oxygens (including phenoxy) is 2. The van der Waals surface area contributed by atoms with E-state index in [4.69, 9.17) is 15.3 Å². The maximum Gasteiger partial charge on any atom is 0.246 e. The highest BCUT2D eigenvalue weighted by Gasteiger charge is 2.17. The molecule has 21 heavy (non-hydrogen) atoms. The van der Waals surface area contributed by atoms with Gasteiger partial charge in [0.05, 0.1) is 14.2 Å². The molecule has 1 amide bonds. The van der Waals surface area contributed by atoms with Crippen molar-refractivity contribution in [2.24, 2.45) is 5.84 Å². The molecule has 6 heteroatoms. The van der Waals surface area contributed by atoms with Crippen LogP contribution in [0.2, 0.25) is 0 Å². The Morgan fingerprint density at radius 1 is 1.19 bits per heavy atom. The van der Waals surface area contributed by atoms with Gasteiger partial charge in [-0.1, -0.05) is 0 Å². The van der Waals surface area contributed by atoms with Crippen LogP contribution in [0.25, 0.3) is 6.08 Å². The SMILES string of the molecule is COc1ccc(OC)c(/C=C/C(=O)N2CCN(N)CC2)c1. The van der Waals surface area contributed by atoms with Gasteiger partial charge in [-0.25, -0.2) is 5.01 Å². The number of nitrogens with zero attached hydrogens (tertiary/aromatic N) is 2. The quantitative estimate of drug-likeness (QED) is 0.654. The molecule has 6 nitrogen and oxygen atoms in total. The van der Waals surface area contributed by atoms with Crippen molar-refractivity contribution in [2.75, 3.05) is 40.4 Å². The summed E-state index contributed by atoms with van der Waals surface area (Å²) in [6, 6.07) is 5.47. The monoisotopic (exact) mass is 291 g/mol. The van der Waals surface area contributed by atoms with E-state index in [1.54, 1.807) is 36.3 Å². The lowest BCUT2D eigenvalue weighted by molar-refractivity contribution is -0.127. The second-order valence-electron chi connectivity index (χ2n) is 4.80. The molecular formula is C15H21N3O3. The first-order valence-corrected chi connectivity index (χ1v) is 6.82. The fourth-order valence-electron chi connectivity index (χ4n) is 2.18. The maximum atomic E-state index is 12.1. The third-order valence-electron chi connectivity index (χ3n) is 3.47. The van der Waals surface area contributed by atoms with Gasteiger partial charge < -0.3 is 14.4 Å². The standard InChI is InChI=1S/C15H21N3O3/c1-20-13-4-5-14(21-2)12(11-13)3-6-15(19)17-7-9-18(16)10-8-17/h3-6,11H,7-10,16H2,1-2H3/b6-3+. The second kappa shape index (κ2) is 7.10. The number of carbonyl (C=O) groups is 1. The molecule has 1 saturated heterocycles. The van der Waals surface area contributed by atoms with Crippen LogP contribution in [-0.4, -0.2) is 56.2 Å². The van der Waals surface area contributed by atoms with Gasteiger partial charge in [-0.3, -0.25) is 10.6 Å². The molecule has 0 aromatic heterocycles. The van der Waals surface area contributed by atoms with Gasteiger partial charge in [0, 0.05) is 37.8 Å². The second-order valence-corrected chi connectivity index (χ2v) is 4.80. The lowest BCUT2D eigenvalue weighted by Gasteiger charge is -2.31. The van der Waals surface area contributed by atoms with Gasteiger partial charge in [-0.15, -0.1) is 0 Å². The number of hydrogen-bond donors (Lipinski definition) is 1. The van der Waals surface area contributed by atoms with Gasteiger partial charge >= 0.3 is 0 Å². The van der Waals surface area contributed by atoms with Gasteiger partial charge in [0.25, 0.3) is 0 Å². The fraction of sp³-hybridized carbons (Fsp3) is 0.400. The van der Waals surface area contributed by atoms with Crippen LogP contribution < -0.4 is 15.3 Å². The highest BCUT2D eigenvalue weighted by atomic mass is 16.5. The molecule has 0 aliphatic carbocycles. The molecule has 114 valence electrons. The van der Waals surface area contributed by atoms with Crippen molar-refractivity contribution in [1.29, 1.82) is 0 Å². The van der Waals surface area contributed by atoms with Crippen LogP contribution in [-0.2, 0) is 4.79 Å². The summed E-state index contributed by atoms with van der Waals surface area (Å²) in [7, 11) is 3.20. The molecule has 0 unspecified atom stereocenters. The van der Waals surface area contributed by atoms with Crippen molar-refractivity contribution < 1.29 is 14.3 Å². The first kappa shape index (κ1) is 15.3. The minimum atomic E-state index is -0.0204. The van der Waals surface area contributed by atoms with Crippen LogP contribution in [0.15, 0.2) is 24.3 Å². The van der Waals surface area contributed by atoms with Crippen molar-refractivity contribution >= 4 is 12.0 Å². The summed E-state index contributed by atoms with van der Waals surface area (Å²) in [5.41, 5.74) is 0.808. The Kier molecular flexibility index (Phi) is 5.19. The number of hydrogen-bond acceptors (Lipinski definition) is 5. The zero-order valence-electron chi connectivity index (χ0n) is 12.4. The summed E-state index contributed by atoms with van der Waals surface area (Å²) >= 11 is 0. The van der Waals surface area contributed by atoms with E-state index >= 15 is 0 Å². The largest absolute Gasteiger partial charge is 0.497 e. The lowest BCUT2D eigenvalue weighted by Crippen LogP contribution is -2.50. The minimum absolute atomic E-state index is 0.0204. The molecule has 0 spiro atoms. The van der Waals surface area contributed by atoms with Crippen molar-refractivity contribution in [3.63, 3.8) is 0 Å². The predicted molar refractivity (Wildman–Crippen MR) is 80.9 cm³/mol. The number of methoxy groups -OCH3 is 2. The Balaban J connectivity index is 2.07. The van der Waals surface area contributed by atoms with Gasteiger partial charge in [0.15, 0.2) is 0 Å². The molecule has 1 aromatic rings. The van der Waals surface area contributed by atoms with Gasteiger partial charge in [-0.05, 0) is 24.3 Å². The topological polar surface area (TPSA) is 68.0 Å². The number of nitrogens with two attached hydrogens (primary N) is 1. The molecule has 1 heterocycles. The average molecular weight is 291 g/mol. The molecule has 1 fully saturated rings. The molecule has 0 atom stereocenters. The number of benzene rings is 1. The van der Waals surface area contributed by atoms with E-state index in [9.17, 15) is 4.79 Å². The highest BCUT2D eigenvalue weighted by Crippen LogP contribution is 2.25. The Labute approximate surface area is 124 Å². The van der Waals surface area contributed by atoms with E-state index in [2.05, 4.69) is 0 Å². The number of rotatable bonds is 4. The zero-order valence-corrected chi connectivity index (χ0v) is 12.4. The minimum Gasteiger partial charge on any atom is -0.497 e. The number of hydrazine groups is 1. The van der Waals surface area contributed by atoms with E-state index in [0.29, 0.717) is 31.9 Å². The van der Waals surface area contributed by atoms with Crippen molar-refractivity contribution in [3.05, 3.63) is 29.8 Å². The summed E-state index contributed by atoms with van der Waals surface area (Å²) in [6.45, 7) is 2.69. The maximum absolute atomic E-state index is 12.1. The molecule has 1 aliphatic rings. The van der Waals surface area contributed by atoms with Crippen molar-refractivity contribution in [1.82, 2.24) is 9.91 Å². The Bertz CT molecular complexity index is 523. The van der Waals surface area contributed by atoms with Gasteiger partial charge in [-0.2, -0.15) is 0 Å². The summed E-state index contributed by atoms with van der Waals surface area (Å²) in [5, 5.41) is 1.72. The smallest absolute Gasteiger partial charge is 0.246 e. The normalized spacial score (nSPS) is 16.2. The fourth-order valence-corrected chi connectivity index (χ4v) is 2.18. The van der Waals surface area contributed by atoms with Crippen molar-refractivity contribution in [2.45, 2.75) is 0 Å². The zero-order chi connectivity index (χ0) is 15.2. The predicted octanol–water partition coefficient (Wildman–Crippen LogP) is 0.735. The third kappa shape index (κ3) is 3.96. The number of piperazine rings is 1. The average Bonchev–Trinajstić information content (AvgIpc) is 2.52. The first-order valence-electron chi connectivity index (χ1n) is 6.82. The summed E-state index contributed by atoms with van der Waals surface area (Å²) < 4.78 is 10.5. The summed E-state index contributed by atoms with van der Waals surface area (Å²) in [4.78, 5) is 13.9. The Morgan fingerprint density at radius 2 is 1.90 bits per heavy atom. The number of carbonyl (C=O) groups excluding carboxylic acids is 1. The molecule has 1 aliphatic heterocycles. The molecular weight excluding hydrogens is 270 g/mol. The van der Waals surface area contributed by atoms with Crippen LogP contribution in [0, 0.1) is 0 Å². The third-order valence-corrected chi connectivity index (χ3v) is 3.47. The van der Waals surface area contributed by atoms with Gasteiger partial charge in [0.2, 0.25) is 5.91 Å². The molecule has 2 rings (SSSR count). The molecule has 0 saturated carbocycles. The van der Waals surface area contributed by atoms with E-state index in [-0.39, 0.29) is 5.91 Å². The molecule has 0 radical (unpaired) electrons. The lowest BCUT2D eigenvalue weighted by atomic mass is 10.1. The van der Waals surface area contributed by atoms with Crippen LogP contribution in [0.5, 0.6) is 11.5 Å². The van der Waals surface area contributed by atoms with E-state index in [1.165, 1.54) is 0 Å². The summed E-state index contributed by atoms with van der Waals surface area (Å²) in [5.74, 6) is 7.08. The Morgan fingerprint density at radius 3 is 2.52 bits per heavy atom. The van der Waals surface area contributed by atoms with Crippen LogP contribution in [0.3, 0.4) is 0 Å². The number of amides is 1. The van der Waals surface area contributed by atoms with E-state index in [0.717, 1.165) is 11.3 Å². The summed E-state index contributed by atoms with van der Waals surface area (Å²) in [6.07, 6.45) is 3.31. The highest BCUT2D eigenvalue weighted by molar-refractivity contribution is 5.92. The molecule has 1 aromatic carbocycles. The van der Waals surface area contributed by atoms with Gasteiger partial charge in [0.1, 0.15) is 11.5 Å². The van der Waals surface area contributed by atoms with Crippen LogP contribution in [0.4, 0.5) is 0 Å². The first-order chi connectivity index (χ1) is 10.1. The van der Waals surface area contributed by atoms with Crippen LogP contribution >= 0.6 is 0 Å². The molecule has 2 N–H and O–H groups in total. The van der Waals surface area contributed by atoms with Crippen LogP contribution in [0.1, 0.15) is 5.56 Å². The van der Waals surface area contributed by atoms with E-state index < -0.39 is 0 Å². The molecule has 0 bridgehead atoms.